The van der Waals surface area contributed by atoms with E-state index in [2.05, 4.69) is 14.8 Å². The first-order chi connectivity index (χ1) is 9.87. The van der Waals surface area contributed by atoms with Gasteiger partial charge in [-0.3, -0.25) is 14.2 Å². The summed E-state index contributed by atoms with van der Waals surface area (Å²) in [6.07, 6.45) is 2.31. The molecule has 0 bridgehead atoms. The van der Waals surface area contributed by atoms with Crippen LogP contribution in [0.25, 0.3) is 0 Å². The van der Waals surface area contributed by atoms with Gasteiger partial charge in [0, 0.05) is 11.9 Å². The molecule has 9 heteroatoms. The van der Waals surface area contributed by atoms with Crippen molar-refractivity contribution in [3.8, 4) is 0 Å². The predicted molar refractivity (Wildman–Crippen MR) is 74.3 cm³/mol. The van der Waals surface area contributed by atoms with Crippen LogP contribution in [-0.4, -0.2) is 34.3 Å². The van der Waals surface area contributed by atoms with Gasteiger partial charge in [-0.15, -0.1) is 0 Å². The molecule has 0 spiro atoms. The quantitative estimate of drug-likeness (QED) is 0.818. The molecule has 0 amide bonds. The molecule has 0 saturated carbocycles. The Hall–Kier alpha value is -2.42. The lowest BCUT2D eigenvalue weighted by atomic mass is 10.4. The van der Waals surface area contributed by atoms with Crippen molar-refractivity contribution < 1.29 is 18.3 Å². The van der Waals surface area contributed by atoms with Crippen molar-refractivity contribution in [3.05, 3.63) is 36.3 Å². The standard InChI is InChI=1S/C12H14N4O4S/c1-9-3-2-4-11(14-9)15-21(19,20)10-7-13-16(8-10)6-5-12(17)18/h2-4,7-8H,5-6H2,1H3,(H,14,15)(H,17,18). The van der Waals surface area contributed by atoms with Gasteiger partial charge in [-0.25, -0.2) is 13.4 Å². The number of hydrogen-bond donors (Lipinski definition) is 2. The lowest BCUT2D eigenvalue weighted by Crippen LogP contribution is -2.13. The van der Waals surface area contributed by atoms with E-state index in [1.807, 2.05) is 0 Å². The molecule has 0 unspecified atom stereocenters. The first-order valence-electron chi connectivity index (χ1n) is 6.07. The van der Waals surface area contributed by atoms with Crippen LogP contribution in [0.1, 0.15) is 12.1 Å². The van der Waals surface area contributed by atoms with Gasteiger partial charge in [0.05, 0.1) is 19.2 Å². The molecular weight excluding hydrogens is 296 g/mol. The SMILES string of the molecule is Cc1cccc(NS(=O)(=O)c2cnn(CCC(=O)O)c2)n1. The summed E-state index contributed by atoms with van der Waals surface area (Å²) >= 11 is 0. The summed E-state index contributed by atoms with van der Waals surface area (Å²) in [5, 5.41) is 12.4. The molecule has 0 aliphatic heterocycles. The lowest BCUT2D eigenvalue weighted by Gasteiger charge is -2.05. The summed E-state index contributed by atoms with van der Waals surface area (Å²) in [6.45, 7) is 1.86. The van der Waals surface area contributed by atoms with Gasteiger partial charge in [-0.1, -0.05) is 6.07 Å². The van der Waals surface area contributed by atoms with E-state index in [-0.39, 0.29) is 23.7 Å². The second kappa shape index (κ2) is 5.92. The van der Waals surface area contributed by atoms with E-state index in [0.29, 0.717) is 5.69 Å². The highest BCUT2D eigenvalue weighted by atomic mass is 32.2. The summed E-state index contributed by atoms with van der Waals surface area (Å²) in [6, 6.07) is 4.98. The average Bonchev–Trinajstić information content (AvgIpc) is 2.85. The van der Waals surface area contributed by atoms with Gasteiger partial charge in [-0.05, 0) is 19.1 Å². The Bertz CT molecular complexity index is 754. The number of carboxylic acid groups (broad SMARTS) is 1. The van der Waals surface area contributed by atoms with Crippen molar-refractivity contribution in [1.29, 1.82) is 0 Å². The molecule has 0 radical (unpaired) electrons. The Kier molecular flexibility index (Phi) is 4.22. The third-order valence-corrected chi connectivity index (χ3v) is 3.91. The molecule has 2 rings (SSSR count). The molecule has 2 heterocycles. The van der Waals surface area contributed by atoms with Crippen LogP contribution in [0.5, 0.6) is 0 Å². The lowest BCUT2D eigenvalue weighted by molar-refractivity contribution is -0.137. The number of aromatic nitrogens is 3. The topological polar surface area (TPSA) is 114 Å². The molecule has 0 aromatic carbocycles. The zero-order valence-electron chi connectivity index (χ0n) is 11.2. The summed E-state index contributed by atoms with van der Waals surface area (Å²) in [5.74, 6) is -0.759. The van der Waals surface area contributed by atoms with E-state index in [4.69, 9.17) is 5.11 Å². The third-order valence-electron chi connectivity index (χ3n) is 2.60. The minimum absolute atomic E-state index is 0.0452. The number of nitrogens with one attached hydrogen (secondary N) is 1. The largest absolute Gasteiger partial charge is 0.481 e. The number of hydrogen-bond acceptors (Lipinski definition) is 5. The van der Waals surface area contributed by atoms with Crippen molar-refractivity contribution >= 4 is 21.8 Å². The number of carboxylic acids is 1. The molecule has 2 aromatic heterocycles. The van der Waals surface area contributed by atoms with Gasteiger partial charge in [0.15, 0.2) is 0 Å². The van der Waals surface area contributed by atoms with Crippen LogP contribution in [0.15, 0.2) is 35.5 Å². The minimum atomic E-state index is -3.79. The molecule has 0 aliphatic carbocycles. The Morgan fingerprint density at radius 1 is 1.43 bits per heavy atom. The van der Waals surface area contributed by atoms with Gasteiger partial charge >= 0.3 is 5.97 Å². The molecule has 2 aromatic rings. The molecule has 0 fully saturated rings. The van der Waals surface area contributed by atoms with Crippen LogP contribution < -0.4 is 4.72 Å². The van der Waals surface area contributed by atoms with E-state index in [0.717, 1.165) is 0 Å². The van der Waals surface area contributed by atoms with Crippen LogP contribution in [0, 0.1) is 6.92 Å². The van der Waals surface area contributed by atoms with Crippen LogP contribution in [-0.2, 0) is 21.4 Å². The van der Waals surface area contributed by atoms with Crippen molar-refractivity contribution in [2.45, 2.75) is 24.8 Å². The fourth-order valence-corrected chi connectivity index (χ4v) is 2.57. The van der Waals surface area contributed by atoms with Gasteiger partial charge in [0.2, 0.25) is 0 Å². The van der Waals surface area contributed by atoms with E-state index < -0.39 is 16.0 Å². The van der Waals surface area contributed by atoms with E-state index in [1.54, 1.807) is 25.1 Å². The highest BCUT2D eigenvalue weighted by molar-refractivity contribution is 7.92. The highest BCUT2D eigenvalue weighted by Crippen LogP contribution is 2.14. The number of carbonyl (C=O) groups is 1. The van der Waals surface area contributed by atoms with Crippen molar-refractivity contribution in [1.82, 2.24) is 14.8 Å². The Balaban J connectivity index is 2.14. The molecule has 2 N–H and O–H groups in total. The monoisotopic (exact) mass is 310 g/mol. The average molecular weight is 310 g/mol. The summed E-state index contributed by atoms with van der Waals surface area (Å²) < 4.78 is 27.9. The second-order valence-corrected chi connectivity index (χ2v) is 6.03. The zero-order valence-corrected chi connectivity index (χ0v) is 12.0. The van der Waals surface area contributed by atoms with Gasteiger partial charge in [-0.2, -0.15) is 5.10 Å². The molecule has 8 nitrogen and oxygen atoms in total. The molecule has 21 heavy (non-hydrogen) atoms. The van der Waals surface area contributed by atoms with Crippen LogP contribution in [0.3, 0.4) is 0 Å². The first kappa shape index (κ1) is 15.0. The number of aryl methyl sites for hydroxylation is 2. The molecule has 112 valence electrons. The van der Waals surface area contributed by atoms with Crippen LogP contribution >= 0.6 is 0 Å². The molecule has 0 aliphatic rings. The molecule has 0 atom stereocenters. The maximum atomic E-state index is 12.1. The van der Waals surface area contributed by atoms with Crippen molar-refractivity contribution in [2.24, 2.45) is 0 Å². The van der Waals surface area contributed by atoms with Crippen molar-refractivity contribution in [3.63, 3.8) is 0 Å². The zero-order chi connectivity index (χ0) is 15.5. The van der Waals surface area contributed by atoms with Crippen molar-refractivity contribution in [2.75, 3.05) is 4.72 Å². The van der Waals surface area contributed by atoms with Gasteiger partial charge < -0.3 is 5.11 Å². The number of nitrogens with zero attached hydrogens (tertiary/aromatic N) is 3. The Morgan fingerprint density at radius 2 is 2.19 bits per heavy atom. The Labute approximate surface area is 121 Å². The number of anilines is 1. The fraction of sp³-hybridized carbons (Fsp3) is 0.250. The Morgan fingerprint density at radius 3 is 2.86 bits per heavy atom. The number of sulfonamides is 1. The fourth-order valence-electron chi connectivity index (χ4n) is 1.61. The van der Waals surface area contributed by atoms with Gasteiger partial charge in [0.1, 0.15) is 10.7 Å². The number of pyridine rings is 1. The first-order valence-corrected chi connectivity index (χ1v) is 7.56. The van der Waals surface area contributed by atoms with Crippen LogP contribution in [0.2, 0.25) is 0 Å². The predicted octanol–water partition coefficient (Wildman–Crippen LogP) is 0.862. The number of aliphatic carboxylic acids is 1. The van der Waals surface area contributed by atoms with E-state index >= 15 is 0 Å². The van der Waals surface area contributed by atoms with Crippen LogP contribution in [0.4, 0.5) is 5.82 Å². The molecule has 0 saturated heterocycles. The normalized spacial score (nSPS) is 11.3. The summed E-state index contributed by atoms with van der Waals surface area (Å²) in [7, 11) is -3.79. The second-order valence-electron chi connectivity index (χ2n) is 4.35. The maximum absolute atomic E-state index is 12.1. The maximum Gasteiger partial charge on any atom is 0.305 e. The third kappa shape index (κ3) is 4.02. The van der Waals surface area contributed by atoms with Gasteiger partial charge in [0.25, 0.3) is 10.0 Å². The number of rotatable bonds is 6. The smallest absolute Gasteiger partial charge is 0.305 e. The molecular formula is C12H14N4O4S. The minimum Gasteiger partial charge on any atom is -0.481 e. The summed E-state index contributed by atoms with van der Waals surface area (Å²) in [4.78, 5) is 14.5. The highest BCUT2D eigenvalue weighted by Gasteiger charge is 2.17. The van der Waals surface area contributed by atoms with E-state index in [9.17, 15) is 13.2 Å². The summed E-state index contributed by atoms with van der Waals surface area (Å²) in [5.41, 5.74) is 0.687. The van der Waals surface area contributed by atoms with E-state index in [1.165, 1.54) is 17.1 Å².